The Morgan fingerprint density at radius 2 is 1.83 bits per heavy atom. The summed E-state index contributed by atoms with van der Waals surface area (Å²) in [5, 5.41) is 20.6. The lowest BCUT2D eigenvalue weighted by Crippen LogP contribution is -2.01. The van der Waals surface area contributed by atoms with E-state index < -0.39 is 4.92 Å². The Balaban J connectivity index is 2.28. The van der Waals surface area contributed by atoms with Crippen LogP contribution in [-0.4, -0.2) is 14.9 Å². The largest absolute Gasteiger partial charge is 0.383 e. The normalized spacial score (nSPS) is 10.1. The van der Waals surface area contributed by atoms with Crippen LogP contribution in [0, 0.1) is 21.4 Å². The van der Waals surface area contributed by atoms with E-state index in [1.165, 1.54) is 6.07 Å². The number of rotatable bonds is 3. The summed E-state index contributed by atoms with van der Waals surface area (Å²) < 4.78 is 0. The van der Waals surface area contributed by atoms with Gasteiger partial charge in [0.2, 0.25) is 0 Å². The molecule has 1 aromatic carbocycles. The van der Waals surface area contributed by atoms with Crippen LogP contribution in [0.25, 0.3) is 22.5 Å². The van der Waals surface area contributed by atoms with Crippen LogP contribution in [0.5, 0.6) is 0 Å². The fourth-order valence-corrected chi connectivity index (χ4v) is 2.39. The fourth-order valence-electron chi connectivity index (χ4n) is 2.39. The summed E-state index contributed by atoms with van der Waals surface area (Å²) in [6, 6.07) is 15.1. The van der Waals surface area contributed by atoms with E-state index >= 15 is 0 Å². The molecule has 7 heteroatoms. The van der Waals surface area contributed by atoms with Crippen LogP contribution in [0.15, 0.2) is 54.7 Å². The number of hydrogen-bond donors (Lipinski definition) is 1. The van der Waals surface area contributed by atoms with Gasteiger partial charge in [-0.25, -0.2) is 4.98 Å². The number of anilines is 1. The number of nitriles is 1. The molecule has 24 heavy (non-hydrogen) atoms. The van der Waals surface area contributed by atoms with Gasteiger partial charge in [0.1, 0.15) is 17.5 Å². The standard InChI is InChI=1S/C17H11N5O2/c18-10-13-12(14-6-3-4-8-20-14)9-15(21-17(13)19)11-5-1-2-7-16(11)22(23)24/h1-9H,(H2,19,21). The second-order valence-electron chi connectivity index (χ2n) is 4.92. The third-order valence-corrected chi connectivity index (χ3v) is 3.48. The first-order valence-electron chi connectivity index (χ1n) is 6.97. The topological polar surface area (TPSA) is 119 Å². The van der Waals surface area contributed by atoms with Gasteiger partial charge in [-0.2, -0.15) is 5.26 Å². The molecular formula is C17H11N5O2. The van der Waals surface area contributed by atoms with Crippen LogP contribution in [0.3, 0.4) is 0 Å². The molecule has 0 saturated heterocycles. The first-order valence-corrected chi connectivity index (χ1v) is 6.97. The first kappa shape index (κ1) is 15.1. The molecule has 2 aromatic heterocycles. The third kappa shape index (κ3) is 2.64. The molecule has 0 saturated carbocycles. The molecule has 0 amide bonds. The molecule has 2 heterocycles. The van der Waals surface area contributed by atoms with Crippen molar-refractivity contribution in [2.24, 2.45) is 0 Å². The molecule has 3 rings (SSSR count). The zero-order valence-electron chi connectivity index (χ0n) is 12.4. The number of nitro benzene ring substituents is 1. The van der Waals surface area contributed by atoms with Crippen molar-refractivity contribution < 1.29 is 4.92 Å². The number of benzene rings is 1. The molecule has 3 aromatic rings. The Bertz CT molecular complexity index is 964. The molecular weight excluding hydrogens is 306 g/mol. The van der Waals surface area contributed by atoms with Crippen molar-refractivity contribution in [3.8, 4) is 28.6 Å². The average molecular weight is 317 g/mol. The second kappa shape index (κ2) is 6.14. The Morgan fingerprint density at radius 3 is 2.50 bits per heavy atom. The summed E-state index contributed by atoms with van der Waals surface area (Å²) in [5.41, 5.74) is 7.69. The van der Waals surface area contributed by atoms with Crippen molar-refractivity contribution in [3.05, 3.63) is 70.4 Å². The minimum atomic E-state index is -0.480. The van der Waals surface area contributed by atoms with E-state index in [1.807, 2.05) is 6.07 Å². The molecule has 0 fully saturated rings. The molecule has 0 aliphatic heterocycles. The van der Waals surface area contributed by atoms with Gasteiger partial charge in [0.25, 0.3) is 5.69 Å². The maximum atomic E-state index is 11.2. The van der Waals surface area contributed by atoms with Crippen molar-refractivity contribution in [1.82, 2.24) is 9.97 Å². The summed E-state index contributed by atoms with van der Waals surface area (Å²) in [4.78, 5) is 19.1. The number of nitro groups is 1. The van der Waals surface area contributed by atoms with E-state index in [1.54, 1.807) is 48.7 Å². The van der Waals surface area contributed by atoms with Gasteiger partial charge in [-0.1, -0.05) is 18.2 Å². The molecule has 0 aliphatic carbocycles. The number of nitrogen functional groups attached to an aromatic ring is 1. The molecule has 116 valence electrons. The quantitative estimate of drug-likeness (QED) is 0.585. The van der Waals surface area contributed by atoms with Crippen molar-refractivity contribution in [3.63, 3.8) is 0 Å². The molecule has 2 N–H and O–H groups in total. The van der Waals surface area contributed by atoms with Crippen LogP contribution < -0.4 is 5.73 Å². The highest BCUT2D eigenvalue weighted by Gasteiger charge is 2.19. The van der Waals surface area contributed by atoms with Crippen LogP contribution in [0.1, 0.15) is 5.56 Å². The molecule has 0 aliphatic rings. The lowest BCUT2D eigenvalue weighted by Gasteiger charge is -2.09. The Hall–Kier alpha value is -3.79. The van der Waals surface area contributed by atoms with E-state index in [9.17, 15) is 15.4 Å². The van der Waals surface area contributed by atoms with Crippen LogP contribution in [0.2, 0.25) is 0 Å². The summed E-state index contributed by atoms with van der Waals surface area (Å²) >= 11 is 0. The summed E-state index contributed by atoms with van der Waals surface area (Å²) in [7, 11) is 0. The van der Waals surface area contributed by atoms with Gasteiger partial charge < -0.3 is 5.73 Å². The monoisotopic (exact) mass is 317 g/mol. The predicted molar refractivity (Wildman–Crippen MR) is 88.7 cm³/mol. The van der Waals surface area contributed by atoms with Gasteiger partial charge in [0.15, 0.2) is 0 Å². The number of nitrogens with zero attached hydrogens (tertiary/aromatic N) is 4. The third-order valence-electron chi connectivity index (χ3n) is 3.48. The van der Waals surface area contributed by atoms with E-state index in [0.29, 0.717) is 22.5 Å². The Labute approximate surface area is 137 Å². The number of hydrogen-bond acceptors (Lipinski definition) is 6. The summed E-state index contributed by atoms with van der Waals surface area (Å²) in [6.45, 7) is 0. The fraction of sp³-hybridized carbons (Fsp3) is 0. The van der Waals surface area contributed by atoms with Gasteiger partial charge in [0.05, 0.1) is 21.9 Å². The van der Waals surface area contributed by atoms with E-state index in [0.717, 1.165) is 0 Å². The average Bonchev–Trinajstić information content (AvgIpc) is 2.61. The van der Waals surface area contributed by atoms with E-state index in [-0.39, 0.29) is 17.1 Å². The zero-order chi connectivity index (χ0) is 17.1. The maximum absolute atomic E-state index is 11.2. The smallest absolute Gasteiger partial charge is 0.278 e. The number of aromatic nitrogens is 2. The zero-order valence-corrected chi connectivity index (χ0v) is 12.4. The summed E-state index contributed by atoms with van der Waals surface area (Å²) in [5.74, 6) is 0.00815. The summed E-state index contributed by atoms with van der Waals surface area (Å²) in [6.07, 6.45) is 1.59. The predicted octanol–water partition coefficient (Wildman–Crippen LogP) is 3.17. The van der Waals surface area contributed by atoms with E-state index in [4.69, 9.17) is 5.73 Å². The van der Waals surface area contributed by atoms with Crippen molar-refractivity contribution >= 4 is 11.5 Å². The van der Waals surface area contributed by atoms with Crippen molar-refractivity contribution in [1.29, 1.82) is 5.26 Å². The molecule has 0 atom stereocenters. The highest BCUT2D eigenvalue weighted by atomic mass is 16.6. The maximum Gasteiger partial charge on any atom is 0.278 e. The van der Waals surface area contributed by atoms with Crippen molar-refractivity contribution in [2.45, 2.75) is 0 Å². The van der Waals surface area contributed by atoms with Gasteiger partial charge in [-0.05, 0) is 24.3 Å². The molecule has 0 bridgehead atoms. The molecule has 0 radical (unpaired) electrons. The van der Waals surface area contributed by atoms with Gasteiger partial charge >= 0.3 is 0 Å². The van der Waals surface area contributed by atoms with E-state index in [2.05, 4.69) is 9.97 Å². The molecule has 0 unspecified atom stereocenters. The first-order chi connectivity index (χ1) is 11.6. The molecule has 0 spiro atoms. The van der Waals surface area contributed by atoms with Crippen LogP contribution >= 0.6 is 0 Å². The highest BCUT2D eigenvalue weighted by Crippen LogP contribution is 2.33. The van der Waals surface area contributed by atoms with Crippen molar-refractivity contribution in [2.75, 3.05) is 5.73 Å². The lowest BCUT2D eigenvalue weighted by atomic mass is 10.0. The number of pyridine rings is 2. The van der Waals surface area contributed by atoms with Gasteiger partial charge in [0, 0.05) is 17.8 Å². The number of nitrogens with two attached hydrogens (primary N) is 1. The Kier molecular flexibility index (Phi) is 3.87. The highest BCUT2D eigenvalue weighted by molar-refractivity contribution is 5.81. The lowest BCUT2D eigenvalue weighted by molar-refractivity contribution is -0.384. The number of para-hydroxylation sites is 1. The van der Waals surface area contributed by atoms with Crippen LogP contribution in [0.4, 0.5) is 11.5 Å². The van der Waals surface area contributed by atoms with Gasteiger partial charge in [-0.15, -0.1) is 0 Å². The Morgan fingerprint density at radius 1 is 1.08 bits per heavy atom. The van der Waals surface area contributed by atoms with Crippen LogP contribution in [-0.2, 0) is 0 Å². The van der Waals surface area contributed by atoms with Gasteiger partial charge in [-0.3, -0.25) is 15.1 Å². The second-order valence-corrected chi connectivity index (χ2v) is 4.92. The SMILES string of the molecule is N#Cc1c(-c2ccccn2)cc(-c2ccccc2[N+](=O)[O-])nc1N. The minimum absolute atomic E-state index is 0.00815. The minimum Gasteiger partial charge on any atom is -0.383 e. The molecule has 7 nitrogen and oxygen atoms in total.